The zero-order valence-electron chi connectivity index (χ0n) is 11.6. The van der Waals surface area contributed by atoms with Crippen molar-refractivity contribution in [1.82, 2.24) is 15.1 Å². The van der Waals surface area contributed by atoms with E-state index in [2.05, 4.69) is 15.1 Å². The van der Waals surface area contributed by atoms with Crippen molar-refractivity contribution in [2.45, 2.75) is 24.3 Å². The van der Waals surface area contributed by atoms with Crippen LogP contribution in [-0.2, 0) is 11.3 Å². The zero-order valence-corrected chi connectivity index (χ0v) is 13.2. The van der Waals surface area contributed by atoms with Crippen LogP contribution in [-0.4, -0.2) is 51.9 Å². The molecule has 2 saturated heterocycles. The molecule has 7 heteroatoms. The normalized spacial score (nSPS) is 26.7. The molecule has 0 amide bonds. The number of hydrogen-bond donors (Lipinski definition) is 0. The number of nitrogens with zero attached hydrogens (tertiary/aromatic N) is 3. The van der Waals surface area contributed by atoms with Gasteiger partial charge < -0.3 is 9.15 Å². The summed E-state index contributed by atoms with van der Waals surface area (Å²) in [5.74, 6) is 2.50. The molecular formula is C14H17N3O2S2. The van der Waals surface area contributed by atoms with Gasteiger partial charge in [0.05, 0.1) is 18.0 Å². The number of hydrogen-bond acceptors (Lipinski definition) is 7. The molecule has 112 valence electrons. The Hall–Kier alpha value is -0.890. The summed E-state index contributed by atoms with van der Waals surface area (Å²) in [7, 11) is 0. The predicted octanol–water partition coefficient (Wildman–Crippen LogP) is 2.50. The first-order chi connectivity index (χ1) is 10.4. The average Bonchev–Trinajstić information content (AvgIpc) is 3.18. The van der Waals surface area contributed by atoms with Gasteiger partial charge in [-0.2, -0.15) is 11.8 Å². The summed E-state index contributed by atoms with van der Waals surface area (Å²) in [4.78, 5) is 3.52. The fourth-order valence-corrected chi connectivity index (χ4v) is 4.96. The van der Waals surface area contributed by atoms with E-state index in [-0.39, 0.29) is 0 Å². The number of thioether (sulfide) groups is 1. The smallest absolute Gasteiger partial charge is 0.257 e. The molecule has 2 aliphatic heterocycles. The standard InChI is InChI=1S/C14H17N3O2S2/c1-2-11(20-6-1)14-16-15-13(19-14)8-17-4-7-21-12-9-18-5-3-10(12)17/h1-2,6,10,12H,3-5,7-9H2/t10-,12-/m0/s1. The van der Waals surface area contributed by atoms with Crippen LogP contribution in [0.2, 0.25) is 0 Å². The van der Waals surface area contributed by atoms with Crippen molar-refractivity contribution >= 4 is 23.1 Å². The molecule has 5 nitrogen and oxygen atoms in total. The molecular weight excluding hydrogens is 306 g/mol. The van der Waals surface area contributed by atoms with E-state index in [1.165, 1.54) is 0 Å². The Morgan fingerprint density at radius 1 is 1.38 bits per heavy atom. The maximum atomic E-state index is 5.82. The molecule has 0 bridgehead atoms. The molecule has 2 aromatic heterocycles. The molecule has 4 rings (SSSR count). The Morgan fingerprint density at radius 2 is 2.38 bits per heavy atom. The highest BCUT2D eigenvalue weighted by Gasteiger charge is 2.35. The van der Waals surface area contributed by atoms with E-state index in [1.807, 2.05) is 29.3 Å². The van der Waals surface area contributed by atoms with Gasteiger partial charge in [0.25, 0.3) is 5.89 Å². The first kappa shape index (κ1) is 13.8. The van der Waals surface area contributed by atoms with E-state index in [0.717, 1.165) is 49.2 Å². The highest BCUT2D eigenvalue weighted by molar-refractivity contribution is 8.00. The number of thiophene rings is 1. The van der Waals surface area contributed by atoms with Crippen molar-refractivity contribution in [2.24, 2.45) is 0 Å². The summed E-state index contributed by atoms with van der Waals surface area (Å²) in [6.45, 7) is 3.57. The maximum absolute atomic E-state index is 5.82. The lowest BCUT2D eigenvalue weighted by molar-refractivity contribution is 0.0322. The van der Waals surface area contributed by atoms with Crippen LogP contribution in [0.15, 0.2) is 21.9 Å². The molecule has 2 aromatic rings. The van der Waals surface area contributed by atoms with Crippen molar-refractivity contribution in [3.8, 4) is 10.8 Å². The van der Waals surface area contributed by atoms with Crippen LogP contribution in [0.4, 0.5) is 0 Å². The SMILES string of the molecule is c1csc(-c2nnc(CN3CCS[C@H]4COCC[C@@H]43)o2)c1. The second-order valence-corrected chi connectivity index (χ2v) is 7.58. The summed E-state index contributed by atoms with van der Waals surface area (Å²) in [6, 6.07) is 4.58. The van der Waals surface area contributed by atoms with Gasteiger partial charge in [0, 0.05) is 30.2 Å². The highest BCUT2D eigenvalue weighted by Crippen LogP contribution is 2.31. The van der Waals surface area contributed by atoms with Gasteiger partial charge in [-0.25, -0.2) is 0 Å². The van der Waals surface area contributed by atoms with E-state index < -0.39 is 0 Å². The number of fused-ring (bicyclic) bond motifs is 1. The topological polar surface area (TPSA) is 51.4 Å². The lowest BCUT2D eigenvalue weighted by Crippen LogP contribution is -2.51. The lowest BCUT2D eigenvalue weighted by Gasteiger charge is -2.42. The van der Waals surface area contributed by atoms with Crippen molar-refractivity contribution in [3.05, 3.63) is 23.4 Å². The molecule has 2 fully saturated rings. The van der Waals surface area contributed by atoms with Crippen molar-refractivity contribution in [2.75, 3.05) is 25.5 Å². The molecule has 4 heterocycles. The van der Waals surface area contributed by atoms with E-state index in [9.17, 15) is 0 Å². The molecule has 0 unspecified atom stereocenters. The largest absolute Gasteiger partial charge is 0.419 e. The minimum absolute atomic E-state index is 0.578. The molecule has 21 heavy (non-hydrogen) atoms. The molecule has 0 saturated carbocycles. The second-order valence-electron chi connectivity index (χ2n) is 5.29. The van der Waals surface area contributed by atoms with Gasteiger partial charge in [-0.3, -0.25) is 4.90 Å². The van der Waals surface area contributed by atoms with Crippen LogP contribution < -0.4 is 0 Å². The van der Waals surface area contributed by atoms with Gasteiger partial charge in [0.2, 0.25) is 5.89 Å². The molecule has 0 radical (unpaired) electrons. The highest BCUT2D eigenvalue weighted by atomic mass is 32.2. The first-order valence-corrected chi connectivity index (χ1v) is 9.12. The minimum atomic E-state index is 0.578. The quantitative estimate of drug-likeness (QED) is 0.865. The summed E-state index contributed by atoms with van der Waals surface area (Å²) in [5, 5.41) is 11.0. The van der Waals surface area contributed by atoms with Gasteiger partial charge in [-0.1, -0.05) is 6.07 Å². The second kappa shape index (κ2) is 6.08. The van der Waals surface area contributed by atoms with Gasteiger partial charge in [0.1, 0.15) is 0 Å². The summed E-state index contributed by atoms with van der Waals surface area (Å²) < 4.78 is 11.4. The van der Waals surface area contributed by atoms with Crippen molar-refractivity contribution in [3.63, 3.8) is 0 Å². The van der Waals surface area contributed by atoms with Crippen molar-refractivity contribution < 1.29 is 9.15 Å². The van der Waals surface area contributed by atoms with Gasteiger partial charge in [-0.15, -0.1) is 21.5 Å². The Kier molecular flexibility index (Phi) is 3.98. The van der Waals surface area contributed by atoms with Crippen LogP contribution >= 0.6 is 23.1 Å². The van der Waals surface area contributed by atoms with Gasteiger partial charge in [0.15, 0.2) is 0 Å². The van der Waals surface area contributed by atoms with E-state index in [4.69, 9.17) is 9.15 Å². The van der Waals surface area contributed by atoms with Crippen molar-refractivity contribution in [1.29, 1.82) is 0 Å². The number of aromatic nitrogens is 2. The summed E-state index contributed by atoms with van der Waals surface area (Å²) in [5.41, 5.74) is 0. The predicted molar refractivity (Wildman–Crippen MR) is 83.5 cm³/mol. The third kappa shape index (κ3) is 2.88. The van der Waals surface area contributed by atoms with E-state index >= 15 is 0 Å². The fraction of sp³-hybridized carbons (Fsp3) is 0.571. The van der Waals surface area contributed by atoms with Gasteiger partial charge in [-0.05, 0) is 17.9 Å². The molecule has 2 aliphatic rings. The van der Waals surface area contributed by atoms with E-state index in [1.54, 1.807) is 11.3 Å². The Morgan fingerprint density at radius 3 is 3.29 bits per heavy atom. The fourth-order valence-electron chi connectivity index (χ4n) is 2.95. The Bertz CT molecular complexity index is 585. The van der Waals surface area contributed by atoms with Crippen LogP contribution in [0.5, 0.6) is 0 Å². The van der Waals surface area contributed by atoms with Crippen LogP contribution in [0.3, 0.4) is 0 Å². The van der Waals surface area contributed by atoms with Crippen LogP contribution in [0, 0.1) is 0 Å². The Balaban J connectivity index is 1.47. The molecule has 0 N–H and O–H groups in total. The minimum Gasteiger partial charge on any atom is -0.419 e. The summed E-state index contributed by atoms with van der Waals surface area (Å²) >= 11 is 3.66. The third-order valence-electron chi connectivity index (χ3n) is 3.99. The maximum Gasteiger partial charge on any atom is 0.257 e. The van der Waals surface area contributed by atoms with E-state index in [0.29, 0.717) is 17.2 Å². The molecule has 0 aliphatic carbocycles. The molecule has 0 spiro atoms. The third-order valence-corrected chi connectivity index (χ3v) is 6.14. The summed E-state index contributed by atoms with van der Waals surface area (Å²) in [6.07, 6.45) is 1.10. The Labute approximate surface area is 131 Å². The molecule has 0 aromatic carbocycles. The molecule has 2 atom stereocenters. The van der Waals surface area contributed by atoms with Crippen LogP contribution in [0.1, 0.15) is 12.3 Å². The lowest BCUT2D eigenvalue weighted by atomic mass is 10.1. The number of rotatable bonds is 3. The number of ether oxygens (including phenoxy) is 1. The zero-order chi connectivity index (χ0) is 14.1. The van der Waals surface area contributed by atoms with Crippen LogP contribution in [0.25, 0.3) is 10.8 Å². The first-order valence-electron chi connectivity index (χ1n) is 7.20. The monoisotopic (exact) mass is 323 g/mol. The van der Waals surface area contributed by atoms with Gasteiger partial charge >= 0.3 is 0 Å². The average molecular weight is 323 g/mol.